The standard InChI is InChI=1S/C13H27N3O3S/c1-16(10-4-9-14-11-7-8-11)20(17,18)15-12-5-3-6-13(12)19-2/h11-15H,3-10H2,1-2H3. The van der Waals surface area contributed by atoms with E-state index in [0.717, 1.165) is 32.2 Å². The molecule has 7 heteroatoms. The Labute approximate surface area is 122 Å². The first-order valence-electron chi connectivity index (χ1n) is 7.52. The van der Waals surface area contributed by atoms with Crippen molar-refractivity contribution in [3.05, 3.63) is 0 Å². The topological polar surface area (TPSA) is 70.7 Å². The summed E-state index contributed by atoms with van der Waals surface area (Å²) in [6, 6.07) is 0.591. The molecule has 2 rings (SSSR count). The van der Waals surface area contributed by atoms with E-state index in [9.17, 15) is 8.42 Å². The third-order valence-electron chi connectivity index (χ3n) is 4.13. The zero-order valence-electron chi connectivity index (χ0n) is 12.5. The number of hydrogen-bond acceptors (Lipinski definition) is 4. The van der Waals surface area contributed by atoms with Crippen molar-refractivity contribution >= 4 is 10.2 Å². The van der Waals surface area contributed by atoms with Crippen LogP contribution in [0.4, 0.5) is 0 Å². The first-order chi connectivity index (χ1) is 9.53. The summed E-state index contributed by atoms with van der Waals surface area (Å²) in [4.78, 5) is 0. The van der Waals surface area contributed by atoms with Crippen LogP contribution in [-0.4, -0.2) is 58.2 Å². The average Bonchev–Trinajstić information content (AvgIpc) is 3.13. The molecule has 0 radical (unpaired) electrons. The summed E-state index contributed by atoms with van der Waals surface area (Å²) >= 11 is 0. The van der Waals surface area contributed by atoms with Gasteiger partial charge in [0.2, 0.25) is 0 Å². The molecule has 0 aromatic carbocycles. The van der Waals surface area contributed by atoms with E-state index in [1.807, 2.05) is 0 Å². The van der Waals surface area contributed by atoms with E-state index in [0.29, 0.717) is 12.6 Å². The Morgan fingerprint density at radius 1 is 1.25 bits per heavy atom. The van der Waals surface area contributed by atoms with Gasteiger partial charge in [0.15, 0.2) is 0 Å². The second-order valence-corrected chi connectivity index (χ2v) is 7.65. The molecule has 0 aromatic heterocycles. The predicted molar refractivity (Wildman–Crippen MR) is 78.8 cm³/mol. The fourth-order valence-corrected chi connectivity index (χ4v) is 3.84. The predicted octanol–water partition coefficient (Wildman–Crippen LogP) is 0.462. The third kappa shape index (κ3) is 4.66. The maximum Gasteiger partial charge on any atom is 0.279 e. The summed E-state index contributed by atoms with van der Waals surface area (Å²) in [5.41, 5.74) is 0. The second kappa shape index (κ2) is 7.17. The van der Waals surface area contributed by atoms with Crippen LogP contribution >= 0.6 is 0 Å². The first kappa shape index (κ1) is 16.2. The van der Waals surface area contributed by atoms with Crippen LogP contribution in [-0.2, 0) is 14.9 Å². The highest BCUT2D eigenvalue weighted by molar-refractivity contribution is 7.87. The van der Waals surface area contributed by atoms with E-state index in [2.05, 4.69) is 10.0 Å². The van der Waals surface area contributed by atoms with Crippen LogP contribution in [0.5, 0.6) is 0 Å². The minimum absolute atomic E-state index is 0.00899. The molecular weight excluding hydrogens is 278 g/mol. The van der Waals surface area contributed by atoms with Gasteiger partial charge < -0.3 is 10.1 Å². The van der Waals surface area contributed by atoms with E-state index in [1.165, 1.54) is 17.1 Å². The van der Waals surface area contributed by atoms with Gasteiger partial charge in [-0.2, -0.15) is 17.4 Å². The quantitative estimate of drug-likeness (QED) is 0.607. The van der Waals surface area contributed by atoms with E-state index in [1.54, 1.807) is 14.2 Å². The minimum atomic E-state index is -3.40. The zero-order valence-corrected chi connectivity index (χ0v) is 13.3. The molecule has 2 unspecified atom stereocenters. The number of methoxy groups -OCH3 is 1. The molecule has 0 amide bonds. The monoisotopic (exact) mass is 305 g/mol. The highest BCUT2D eigenvalue weighted by Crippen LogP contribution is 2.22. The van der Waals surface area contributed by atoms with Gasteiger partial charge in [-0.3, -0.25) is 0 Å². The number of rotatable bonds is 9. The molecule has 2 aliphatic carbocycles. The van der Waals surface area contributed by atoms with Gasteiger partial charge in [-0.15, -0.1) is 0 Å². The molecular formula is C13H27N3O3S. The smallest absolute Gasteiger partial charge is 0.279 e. The van der Waals surface area contributed by atoms with Crippen LogP contribution in [0.2, 0.25) is 0 Å². The first-order valence-corrected chi connectivity index (χ1v) is 8.96. The van der Waals surface area contributed by atoms with Crippen molar-refractivity contribution < 1.29 is 13.2 Å². The van der Waals surface area contributed by atoms with Crippen LogP contribution in [0.1, 0.15) is 38.5 Å². The van der Waals surface area contributed by atoms with Crippen molar-refractivity contribution in [2.75, 3.05) is 27.2 Å². The van der Waals surface area contributed by atoms with Gasteiger partial charge in [0.05, 0.1) is 6.10 Å². The summed E-state index contributed by atoms with van der Waals surface area (Å²) in [7, 11) is -0.118. The van der Waals surface area contributed by atoms with Gasteiger partial charge in [0.25, 0.3) is 10.2 Å². The summed E-state index contributed by atoms with van der Waals surface area (Å²) in [6.07, 6.45) is 6.17. The van der Waals surface area contributed by atoms with Crippen molar-refractivity contribution in [1.29, 1.82) is 0 Å². The van der Waals surface area contributed by atoms with Gasteiger partial charge in [-0.25, -0.2) is 0 Å². The van der Waals surface area contributed by atoms with Crippen molar-refractivity contribution in [1.82, 2.24) is 14.3 Å². The normalized spacial score (nSPS) is 27.4. The molecule has 2 saturated carbocycles. The lowest BCUT2D eigenvalue weighted by atomic mass is 10.2. The molecule has 0 aromatic rings. The fourth-order valence-electron chi connectivity index (χ4n) is 2.64. The number of nitrogens with one attached hydrogen (secondary N) is 2. The van der Waals surface area contributed by atoms with Crippen LogP contribution < -0.4 is 10.0 Å². The molecule has 20 heavy (non-hydrogen) atoms. The molecule has 118 valence electrons. The van der Waals surface area contributed by atoms with E-state index >= 15 is 0 Å². The molecule has 2 atom stereocenters. The Bertz CT molecular complexity index is 398. The Morgan fingerprint density at radius 2 is 2.00 bits per heavy atom. The minimum Gasteiger partial charge on any atom is -0.380 e. The van der Waals surface area contributed by atoms with Gasteiger partial charge in [0, 0.05) is 32.8 Å². The van der Waals surface area contributed by atoms with Crippen molar-refractivity contribution in [3.8, 4) is 0 Å². The average molecular weight is 305 g/mol. The van der Waals surface area contributed by atoms with E-state index in [4.69, 9.17) is 4.74 Å². The second-order valence-electron chi connectivity index (χ2n) is 5.84. The lowest BCUT2D eigenvalue weighted by Gasteiger charge is -2.24. The Hall–Kier alpha value is -0.210. The van der Waals surface area contributed by atoms with Crippen molar-refractivity contribution in [2.24, 2.45) is 0 Å². The van der Waals surface area contributed by atoms with Gasteiger partial charge in [-0.1, -0.05) is 0 Å². The lowest BCUT2D eigenvalue weighted by molar-refractivity contribution is 0.0911. The van der Waals surface area contributed by atoms with Crippen LogP contribution in [0, 0.1) is 0 Å². The van der Waals surface area contributed by atoms with Crippen LogP contribution in [0.25, 0.3) is 0 Å². The Morgan fingerprint density at radius 3 is 2.65 bits per heavy atom. The summed E-state index contributed by atoms with van der Waals surface area (Å²) < 4.78 is 34.0. The van der Waals surface area contributed by atoms with Crippen LogP contribution in [0.15, 0.2) is 0 Å². The molecule has 0 heterocycles. The van der Waals surface area contributed by atoms with E-state index in [-0.39, 0.29) is 12.1 Å². The SMILES string of the molecule is COC1CCCC1NS(=O)(=O)N(C)CCCNC1CC1. The van der Waals surface area contributed by atoms with Crippen molar-refractivity contribution in [2.45, 2.75) is 56.7 Å². The molecule has 6 nitrogen and oxygen atoms in total. The zero-order chi connectivity index (χ0) is 14.6. The molecule has 0 bridgehead atoms. The Balaban J connectivity index is 1.72. The molecule has 2 N–H and O–H groups in total. The maximum absolute atomic E-state index is 12.2. The van der Waals surface area contributed by atoms with E-state index < -0.39 is 10.2 Å². The summed E-state index contributed by atoms with van der Waals surface area (Å²) in [5.74, 6) is 0. The number of hydrogen-bond donors (Lipinski definition) is 2. The number of ether oxygens (including phenoxy) is 1. The fraction of sp³-hybridized carbons (Fsp3) is 1.00. The molecule has 2 fully saturated rings. The Kier molecular flexibility index (Phi) is 5.80. The maximum atomic E-state index is 12.2. The lowest BCUT2D eigenvalue weighted by Crippen LogP contribution is -2.47. The van der Waals surface area contributed by atoms with Crippen LogP contribution in [0.3, 0.4) is 0 Å². The molecule has 0 spiro atoms. The molecule has 0 saturated heterocycles. The van der Waals surface area contributed by atoms with Crippen molar-refractivity contribution in [3.63, 3.8) is 0 Å². The molecule has 2 aliphatic rings. The summed E-state index contributed by atoms with van der Waals surface area (Å²) in [5, 5.41) is 3.39. The highest BCUT2D eigenvalue weighted by atomic mass is 32.2. The van der Waals surface area contributed by atoms with Gasteiger partial charge in [0.1, 0.15) is 0 Å². The third-order valence-corrected chi connectivity index (χ3v) is 5.73. The molecule has 0 aliphatic heterocycles. The highest BCUT2D eigenvalue weighted by Gasteiger charge is 2.32. The number of nitrogens with zero attached hydrogens (tertiary/aromatic N) is 1. The van der Waals surface area contributed by atoms with Gasteiger partial charge in [-0.05, 0) is 45.1 Å². The summed E-state index contributed by atoms with van der Waals surface area (Å²) in [6.45, 7) is 1.42. The van der Waals surface area contributed by atoms with Gasteiger partial charge >= 0.3 is 0 Å². The largest absolute Gasteiger partial charge is 0.380 e.